The monoisotopic (exact) mass is 208 g/mol. The van der Waals surface area contributed by atoms with Crippen LogP contribution in [0.1, 0.15) is 6.92 Å². The number of ether oxygens (including phenoxy) is 1. The molecular formula is C11H12O4. The first kappa shape index (κ1) is 11.4. The summed E-state index contributed by atoms with van der Waals surface area (Å²) in [7, 11) is 0. The van der Waals surface area contributed by atoms with Crippen LogP contribution in [0.25, 0.3) is 0 Å². The second kappa shape index (κ2) is 4.70. The summed E-state index contributed by atoms with van der Waals surface area (Å²) in [6.45, 7) is 1.33. The molecule has 0 heterocycles. The summed E-state index contributed by atoms with van der Waals surface area (Å²) in [6.07, 6.45) is -0.595. The Bertz CT molecular complexity index is 324. The van der Waals surface area contributed by atoms with Gasteiger partial charge in [-0.15, -0.1) is 0 Å². The lowest BCUT2D eigenvalue weighted by Crippen LogP contribution is -2.49. The van der Waals surface area contributed by atoms with Crippen molar-refractivity contribution in [3.63, 3.8) is 0 Å². The molecule has 0 spiro atoms. The van der Waals surface area contributed by atoms with Gasteiger partial charge < -0.3 is 9.84 Å². The van der Waals surface area contributed by atoms with Crippen LogP contribution >= 0.6 is 0 Å². The zero-order valence-electron chi connectivity index (χ0n) is 8.29. The van der Waals surface area contributed by atoms with E-state index < -0.39 is 11.7 Å². The molecule has 0 radical (unpaired) electrons. The predicted octanol–water partition coefficient (Wildman–Crippen LogP) is 0.583. The standard InChI is InChI=1S/C11H12O4/c1-9(14)11(7-12,8-13)15-10-5-3-2-4-6-10/h2-9,14H,1H3. The van der Waals surface area contributed by atoms with Crippen molar-refractivity contribution >= 4 is 12.6 Å². The van der Waals surface area contributed by atoms with Gasteiger partial charge in [0.25, 0.3) is 0 Å². The molecule has 15 heavy (non-hydrogen) atoms. The van der Waals surface area contributed by atoms with E-state index in [1.165, 1.54) is 6.92 Å². The Morgan fingerprint density at radius 2 is 1.80 bits per heavy atom. The van der Waals surface area contributed by atoms with Crippen molar-refractivity contribution < 1.29 is 19.4 Å². The largest absolute Gasteiger partial charge is 0.469 e. The van der Waals surface area contributed by atoms with Crippen molar-refractivity contribution in [3.05, 3.63) is 30.3 Å². The van der Waals surface area contributed by atoms with Crippen molar-refractivity contribution in [1.82, 2.24) is 0 Å². The predicted molar refractivity (Wildman–Crippen MR) is 53.6 cm³/mol. The minimum atomic E-state index is -1.82. The number of hydrogen-bond acceptors (Lipinski definition) is 4. The second-order valence-electron chi connectivity index (χ2n) is 3.18. The molecule has 4 nitrogen and oxygen atoms in total. The Hall–Kier alpha value is -1.68. The van der Waals surface area contributed by atoms with E-state index in [4.69, 9.17) is 4.74 Å². The third-order valence-corrected chi connectivity index (χ3v) is 2.06. The van der Waals surface area contributed by atoms with Gasteiger partial charge in [-0.3, -0.25) is 9.59 Å². The molecule has 0 saturated heterocycles. The van der Waals surface area contributed by atoms with Crippen LogP contribution in [-0.4, -0.2) is 29.4 Å². The molecule has 0 fully saturated rings. The fraction of sp³-hybridized carbons (Fsp3) is 0.273. The third-order valence-electron chi connectivity index (χ3n) is 2.06. The maximum atomic E-state index is 10.8. The van der Waals surface area contributed by atoms with Gasteiger partial charge in [-0.2, -0.15) is 0 Å². The first-order valence-electron chi connectivity index (χ1n) is 4.49. The van der Waals surface area contributed by atoms with E-state index in [1.807, 2.05) is 0 Å². The molecule has 0 bridgehead atoms. The van der Waals surface area contributed by atoms with E-state index in [0.29, 0.717) is 18.3 Å². The summed E-state index contributed by atoms with van der Waals surface area (Å²) < 4.78 is 5.18. The topological polar surface area (TPSA) is 63.6 Å². The van der Waals surface area contributed by atoms with Crippen molar-refractivity contribution in [3.8, 4) is 5.75 Å². The number of aliphatic hydroxyl groups excluding tert-OH is 1. The third kappa shape index (κ3) is 2.41. The van der Waals surface area contributed by atoms with E-state index in [9.17, 15) is 14.7 Å². The highest BCUT2D eigenvalue weighted by Crippen LogP contribution is 2.18. The van der Waals surface area contributed by atoms with Crippen LogP contribution in [0.5, 0.6) is 5.75 Å². The Balaban J connectivity index is 2.94. The Labute approximate surface area is 87.5 Å². The van der Waals surface area contributed by atoms with Crippen LogP contribution in [0.4, 0.5) is 0 Å². The lowest BCUT2D eigenvalue weighted by atomic mass is 10.0. The van der Waals surface area contributed by atoms with Gasteiger partial charge in [-0.25, -0.2) is 0 Å². The smallest absolute Gasteiger partial charge is 0.243 e. The van der Waals surface area contributed by atoms with Gasteiger partial charge in [-0.05, 0) is 19.1 Å². The summed E-state index contributed by atoms with van der Waals surface area (Å²) >= 11 is 0. The first-order chi connectivity index (χ1) is 7.14. The number of carbonyl (C=O) groups is 2. The maximum Gasteiger partial charge on any atom is 0.243 e. The number of para-hydroxylation sites is 1. The highest BCUT2D eigenvalue weighted by Gasteiger charge is 2.37. The normalized spacial score (nSPS) is 12.9. The fourth-order valence-corrected chi connectivity index (χ4v) is 1.05. The number of carbonyl (C=O) groups excluding carboxylic acids is 2. The lowest BCUT2D eigenvalue weighted by molar-refractivity contribution is -0.141. The van der Waals surface area contributed by atoms with Crippen LogP contribution in [0, 0.1) is 0 Å². The zero-order chi connectivity index (χ0) is 11.3. The quantitative estimate of drug-likeness (QED) is 0.568. The van der Waals surface area contributed by atoms with E-state index in [2.05, 4.69) is 0 Å². The molecule has 0 aliphatic rings. The summed E-state index contributed by atoms with van der Waals surface area (Å²) in [5.74, 6) is 0.359. The average Bonchev–Trinajstić information content (AvgIpc) is 2.27. The minimum Gasteiger partial charge on any atom is -0.469 e. The van der Waals surface area contributed by atoms with Crippen molar-refractivity contribution in [2.75, 3.05) is 0 Å². The second-order valence-corrected chi connectivity index (χ2v) is 3.18. The lowest BCUT2D eigenvalue weighted by Gasteiger charge is -2.25. The number of benzene rings is 1. The molecule has 0 saturated carbocycles. The zero-order valence-corrected chi connectivity index (χ0v) is 8.29. The molecule has 0 amide bonds. The average molecular weight is 208 g/mol. The van der Waals surface area contributed by atoms with Gasteiger partial charge in [0.15, 0.2) is 12.6 Å². The molecule has 1 aromatic carbocycles. The summed E-state index contributed by atoms with van der Waals surface area (Å²) in [6, 6.07) is 8.39. The summed E-state index contributed by atoms with van der Waals surface area (Å²) in [4.78, 5) is 21.6. The van der Waals surface area contributed by atoms with E-state index in [1.54, 1.807) is 30.3 Å². The van der Waals surface area contributed by atoms with Crippen LogP contribution in [0.15, 0.2) is 30.3 Å². The van der Waals surface area contributed by atoms with Gasteiger partial charge in [0.05, 0.1) is 0 Å². The highest BCUT2D eigenvalue weighted by atomic mass is 16.5. The maximum absolute atomic E-state index is 10.8. The molecule has 0 aromatic heterocycles. The molecule has 0 aliphatic heterocycles. The molecular weight excluding hydrogens is 196 g/mol. The SMILES string of the molecule is CC(O)C(C=O)(C=O)Oc1ccccc1. The van der Waals surface area contributed by atoms with Crippen LogP contribution in [0.3, 0.4) is 0 Å². The fourth-order valence-electron chi connectivity index (χ4n) is 1.05. The van der Waals surface area contributed by atoms with Crippen molar-refractivity contribution in [2.24, 2.45) is 0 Å². The van der Waals surface area contributed by atoms with Crippen LogP contribution in [-0.2, 0) is 9.59 Å². The molecule has 4 heteroatoms. The van der Waals surface area contributed by atoms with Crippen molar-refractivity contribution in [1.29, 1.82) is 0 Å². The minimum absolute atomic E-state index is 0.303. The molecule has 1 aromatic rings. The number of rotatable bonds is 5. The van der Waals surface area contributed by atoms with E-state index >= 15 is 0 Å². The van der Waals surface area contributed by atoms with Crippen molar-refractivity contribution in [2.45, 2.75) is 18.6 Å². The van der Waals surface area contributed by atoms with Gasteiger partial charge in [-0.1, -0.05) is 18.2 Å². The van der Waals surface area contributed by atoms with E-state index in [-0.39, 0.29) is 0 Å². The molecule has 1 rings (SSSR count). The summed E-state index contributed by atoms with van der Waals surface area (Å²) in [5.41, 5.74) is -1.82. The number of aliphatic hydroxyl groups is 1. The van der Waals surface area contributed by atoms with Gasteiger partial charge in [0, 0.05) is 0 Å². The number of hydrogen-bond donors (Lipinski definition) is 1. The van der Waals surface area contributed by atoms with E-state index in [0.717, 1.165) is 0 Å². The van der Waals surface area contributed by atoms with Crippen LogP contribution < -0.4 is 4.74 Å². The first-order valence-corrected chi connectivity index (χ1v) is 4.49. The van der Waals surface area contributed by atoms with Gasteiger partial charge in [0.2, 0.25) is 5.60 Å². The van der Waals surface area contributed by atoms with Gasteiger partial charge >= 0.3 is 0 Å². The molecule has 1 unspecified atom stereocenters. The Morgan fingerprint density at radius 1 is 1.27 bits per heavy atom. The molecule has 1 atom stereocenters. The summed E-state index contributed by atoms with van der Waals surface area (Å²) in [5, 5.41) is 9.34. The number of aldehydes is 2. The van der Waals surface area contributed by atoms with Gasteiger partial charge in [0.1, 0.15) is 11.9 Å². The molecule has 1 N–H and O–H groups in total. The molecule has 0 aliphatic carbocycles. The Morgan fingerprint density at radius 3 is 2.20 bits per heavy atom. The molecule has 80 valence electrons. The highest BCUT2D eigenvalue weighted by molar-refractivity contribution is 5.89. The Kier molecular flexibility index (Phi) is 3.57. The van der Waals surface area contributed by atoms with Crippen LogP contribution in [0.2, 0.25) is 0 Å².